The van der Waals surface area contributed by atoms with Gasteiger partial charge in [0, 0.05) is 12.2 Å². The number of carbonyl (C=O) groups excluding carboxylic acids is 1. The lowest BCUT2D eigenvalue weighted by atomic mass is 9.89. The molecule has 8 heteroatoms. The van der Waals surface area contributed by atoms with Crippen molar-refractivity contribution in [3.05, 3.63) is 29.3 Å². The highest BCUT2D eigenvalue weighted by Gasteiger charge is 2.39. The lowest BCUT2D eigenvalue weighted by Crippen LogP contribution is -2.48. The van der Waals surface area contributed by atoms with Gasteiger partial charge in [-0.1, -0.05) is 12.8 Å². The van der Waals surface area contributed by atoms with Gasteiger partial charge in [0.1, 0.15) is 11.3 Å². The summed E-state index contributed by atoms with van der Waals surface area (Å²) in [5.41, 5.74) is 0.906. The van der Waals surface area contributed by atoms with Crippen LogP contribution in [0.3, 0.4) is 0 Å². The Kier molecular flexibility index (Phi) is 4.07. The Morgan fingerprint density at radius 3 is 2.84 bits per heavy atom. The summed E-state index contributed by atoms with van der Waals surface area (Å²) in [5, 5.41) is 25.7. The Bertz CT molecular complexity index is 749. The van der Waals surface area contributed by atoms with Crippen molar-refractivity contribution < 1.29 is 9.90 Å². The highest BCUT2D eigenvalue weighted by molar-refractivity contribution is 5.95. The molecule has 1 saturated carbocycles. The molecule has 2 aromatic heterocycles. The Hall–Kier alpha value is -2.22. The van der Waals surface area contributed by atoms with Gasteiger partial charge in [-0.3, -0.25) is 9.48 Å². The molecule has 8 nitrogen and oxygen atoms in total. The van der Waals surface area contributed by atoms with E-state index in [9.17, 15) is 9.90 Å². The van der Waals surface area contributed by atoms with Gasteiger partial charge in [0.25, 0.3) is 5.91 Å². The summed E-state index contributed by atoms with van der Waals surface area (Å²) in [6.45, 7) is 2.83. The van der Waals surface area contributed by atoms with Crippen LogP contribution in [0.25, 0.3) is 0 Å². The maximum absolute atomic E-state index is 13.0. The van der Waals surface area contributed by atoms with Crippen molar-refractivity contribution in [2.45, 2.75) is 57.1 Å². The minimum absolute atomic E-state index is 0.0663. The number of aromatic nitrogens is 5. The fraction of sp³-hybridized carbons (Fsp3) is 0.647. The molecule has 2 N–H and O–H groups in total. The molecule has 134 valence electrons. The van der Waals surface area contributed by atoms with Crippen LogP contribution in [0.5, 0.6) is 0 Å². The van der Waals surface area contributed by atoms with Crippen LogP contribution >= 0.6 is 0 Å². The van der Waals surface area contributed by atoms with E-state index < -0.39 is 5.60 Å². The lowest BCUT2D eigenvalue weighted by molar-refractivity contribution is -0.0320. The van der Waals surface area contributed by atoms with Crippen LogP contribution in [0.15, 0.2) is 12.4 Å². The van der Waals surface area contributed by atoms with Crippen LogP contribution in [0, 0.1) is 6.92 Å². The predicted molar refractivity (Wildman–Crippen MR) is 89.9 cm³/mol. The summed E-state index contributed by atoms with van der Waals surface area (Å²) in [4.78, 5) is 14.7. The van der Waals surface area contributed by atoms with E-state index in [1.807, 2.05) is 11.6 Å². The molecular weight excluding hydrogens is 320 g/mol. The third-order valence-electron chi connectivity index (χ3n) is 5.60. The monoisotopic (exact) mass is 344 g/mol. The topological polar surface area (TPSA) is 99.9 Å². The first-order valence-electron chi connectivity index (χ1n) is 9.00. The van der Waals surface area contributed by atoms with Crippen LogP contribution in [0.1, 0.15) is 66.3 Å². The van der Waals surface area contributed by atoms with E-state index in [1.54, 1.807) is 11.1 Å². The van der Waals surface area contributed by atoms with Gasteiger partial charge in [0.15, 0.2) is 0 Å². The number of likely N-dealkylation sites (tertiary alicyclic amines) is 1. The van der Waals surface area contributed by atoms with Crippen molar-refractivity contribution in [2.24, 2.45) is 0 Å². The number of H-pyrrole nitrogens is 1. The highest BCUT2D eigenvalue weighted by atomic mass is 16.3. The molecule has 0 radical (unpaired) electrons. The van der Waals surface area contributed by atoms with Crippen molar-refractivity contribution in [3.63, 3.8) is 0 Å². The number of nitrogens with zero attached hydrogens (tertiary/aromatic N) is 5. The number of β-amino-alcohol motifs (C(OH)–C–C–N with tert-alkyl or cyclic N) is 1. The summed E-state index contributed by atoms with van der Waals surface area (Å²) in [7, 11) is 0. The normalized spacial score (nSPS) is 24.8. The van der Waals surface area contributed by atoms with Crippen LogP contribution in [-0.4, -0.2) is 54.2 Å². The molecule has 0 bridgehead atoms. The van der Waals surface area contributed by atoms with Gasteiger partial charge in [0.05, 0.1) is 30.5 Å². The van der Waals surface area contributed by atoms with E-state index in [0.717, 1.165) is 25.0 Å². The third kappa shape index (κ3) is 2.84. The number of carbonyl (C=O) groups is 1. The molecule has 1 atom stereocenters. The largest absolute Gasteiger partial charge is 0.382 e. The Morgan fingerprint density at radius 1 is 1.32 bits per heavy atom. The summed E-state index contributed by atoms with van der Waals surface area (Å²) in [5.74, 6) is -0.0663. The van der Waals surface area contributed by atoms with Gasteiger partial charge in [-0.05, 0) is 32.6 Å². The molecule has 1 amide bonds. The zero-order valence-corrected chi connectivity index (χ0v) is 14.5. The second kappa shape index (κ2) is 6.25. The van der Waals surface area contributed by atoms with E-state index in [2.05, 4.69) is 20.5 Å². The molecule has 0 aromatic carbocycles. The molecule has 0 spiro atoms. The minimum atomic E-state index is -1.14. The second-order valence-corrected chi connectivity index (χ2v) is 7.24. The van der Waals surface area contributed by atoms with Crippen molar-refractivity contribution >= 4 is 5.91 Å². The average molecular weight is 344 g/mol. The fourth-order valence-corrected chi connectivity index (χ4v) is 4.17. The minimum Gasteiger partial charge on any atom is -0.382 e. The molecule has 1 saturated heterocycles. The molecule has 2 fully saturated rings. The molecular formula is C17H24N6O2. The molecule has 1 unspecified atom stereocenters. The van der Waals surface area contributed by atoms with E-state index in [-0.39, 0.29) is 12.5 Å². The van der Waals surface area contributed by atoms with Gasteiger partial charge < -0.3 is 10.0 Å². The van der Waals surface area contributed by atoms with Crippen LogP contribution < -0.4 is 0 Å². The molecule has 4 rings (SSSR count). The zero-order chi connectivity index (χ0) is 17.4. The average Bonchev–Trinajstić information content (AvgIpc) is 3.36. The van der Waals surface area contributed by atoms with Gasteiger partial charge in [-0.2, -0.15) is 20.5 Å². The SMILES string of the molecule is Cc1c(C(=O)N2CCCC(O)(c3cn[nH]n3)C2)cnn1C1CCCC1. The van der Waals surface area contributed by atoms with E-state index in [0.29, 0.717) is 30.3 Å². The number of hydrogen-bond donors (Lipinski definition) is 2. The first kappa shape index (κ1) is 16.3. The third-order valence-corrected chi connectivity index (χ3v) is 5.60. The van der Waals surface area contributed by atoms with Crippen molar-refractivity contribution in [2.75, 3.05) is 13.1 Å². The maximum Gasteiger partial charge on any atom is 0.257 e. The standard InChI is InChI=1S/C17H24N6O2/c1-12-14(9-19-23(12)13-5-2-3-6-13)16(24)22-8-4-7-17(25,11-22)15-10-18-21-20-15/h9-10,13,25H,2-8,11H2,1H3,(H,18,20,21). The Morgan fingerprint density at radius 2 is 2.12 bits per heavy atom. The van der Waals surface area contributed by atoms with Crippen molar-refractivity contribution in [1.82, 2.24) is 30.1 Å². The van der Waals surface area contributed by atoms with E-state index in [1.165, 1.54) is 19.0 Å². The van der Waals surface area contributed by atoms with Crippen LogP contribution in [-0.2, 0) is 5.60 Å². The van der Waals surface area contributed by atoms with Gasteiger partial charge in [-0.25, -0.2) is 0 Å². The summed E-state index contributed by atoms with van der Waals surface area (Å²) < 4.78 is 2.01. The van der Waals surface area contributed by atoms with Crippen molar-refractivity contribution in [1.29, 1.82) is 0 Å². The molecule has 1 aliphatic carbocycles. The molecule has 1 aliphatic heterocycles. The summed E-state index contributed by atoms with van der Waals surface area (Å²) in [6, 6.07) is 0.412. The zero-order valence-electron chi connectivity index (χ0n) is 14.5. The number of piperidine rings is 1. The lowest BCUT2D eigenvalue weighted by Gasteiger charge is -2.37. The number of rotatable bonds is 3. The smallest absolute Gasteiger partial charge is 0.257 e. The second-order valence-electron chi connectivity index (χ2n) is 7.24. The van der Waals surface area contributed by atoms with Crippen molar-refractivity contribution in [3.8, 4) is 0 Å². The fourth-order valence-electron chi connectivity index (χ4n) is 4.17. The molecule has 2 aromatic rings. The quantitative estimate of drug-likeness (QED) is 0.880. The first-order chi connectivity index (χ1) is 12.1. The Balaban J connectivity index is 1.55. The molecule has 3 heterocycles. The Labute approximate surface area is 146 Å². The first-order valence-corrected chi connectivity index (χ1v) is 9.00. The summed E-state index contributed by atoms with van der Waals surface area (Å²) >= 11 is 0. The van der Waals surface area contributed by atoms with E-state index >= 15 is 0 Å². The van der Waals surface area contributed by atoms with Gasteiger partial charge in [0.2, 0.25) is 0 Å². The number of aliphatic hydroxyl groups is 1. The number of nitrogens with one attached hydrogen (secondary N) is 1. The number of aromatic amines is 1. The molecule has 25 heavy (non-hydrogen) atoms. The number of hydrogen-bond acceptors (Lipinski definition) is 5. The maximum atomic E-state index is 13.0. The predicted octanol–water partition coefficient (Wildman–Crippen LogP) is 1.55. The van der Waals surface area contributed by atoms with Crippen LogP contribution in [0.4, 0.5) is 0 Å². The highest BCUT2D eigenvalue weighted by Crippen LogP contribution is 2.33. The van der Waals surface area contributed by atoms with Gasteiger partial charge in [-0.15, -0.1) is 0 Å². The van der Waals surface area contributed by atoms with Gasteiger partial charge >= 0.3 is 0 Å². The van der Waals surface area contributed by atoms with Crippen LogP contribution in [0.2, 0.25) is 0 Å². The summed E-state index contributed by atoms with van der Waals surface area (Å²) in [6.07, 6.45) is 9.22. The molecule has 2 aliphatic rings. The number of amides is 1. The van der Waals surface area contributed by atoms with E-state index in [4.69, 9.17) is 0 Å².